The van der Waals surface area contributed by atoms with E-state index in [1.807, 2.05) is 42.7 Å². The van der Waals surface area contributed by atoms with Gasteiger partial charge in [0.1, 0.15) is 6.04 Å². The van der Waals surface area contributed by atoms with Crippen LogP contribution in [0.1, 0.15) is 79.8 Å². The summed E-state index contributed by atoms with van der Waals surface area (Å²) >= 11 is 0. The van der Waals surface area contributed by atoms with E-state index in [9.17, 15) is 19.5 Å². The Morgan fingerprint density at radius 3 is 2.20 bits per heavy atom. The van der Waals surface area contributed by atoms with E-state index in [0.717, 1.165) is 47.3 Å². The molecule has 1 aliphatic heterocycles. The van der Waals surface area contributed by atoms with Crippen molar-refractivity contribution in [3.05, 3.63) is 89.8 Å². The summed E-state index contributed by atoms with van der Waals surface area (Å²) in [6, 6.07) is 15.7. The minimum atomic E-state index is -0.913. The Morgan fingerprint density at radius 2 is 1.59 bits per heavy atom. The molecule has 1 unspecified atom stereocenters. The lowest BCUT2D eigenvalue weighted by atomic mass is 9.71. The molecule has 8 nitrogen and oxygen atoms in total. The molecular weight excluding hydrogens is 576 g/mol. The van der Waals surface area contributed by atoms with Gasteiger partial charge < -0.3 is 15.3 Å². The zero-order valence-corrected chi connectivity index (χ0v) is 26.6. The zero-order valence-electron chi connectivity index (χ0n) is 26.6. The van der Waals surface area contributed by atoms with Crippen molar-refractivity contribution in [3.63, 3.8) is 0 Å². The average molecular weight is 621 g/mol. The van der Waals surface area contributed by atoms with Gasteiger partial charge in [0.25, 0.3) is 5.91 Å². The minimum Gasteiger partial charge on any atom is -0.481 e. The molecule has 0 bridgehead atoms. The Kier molecular flexibility index (Phi) is 9.91. The number of carbonyl (C=O) groups is 3. The second kappa shape index (κ2) is 14.4. The number of nitrogens with one attached hydrogen (secondary N) is 1. The monoisotopic (exact) mass is 620 g/mol. The molecule has 240 valence electrons. The fraction of sp³-hybridized carbons (Fsp3) is 0.447. The maximum absolute atomic E-state index is 13.3. The summed E-state index contributed by atoms with van der Waals surface area (Å²) in [5.74, 6) is 1.18. The highest BCUT2D eigenvalue weighted by molar-refractivity contribution is 5.98. The second-order valence-corrected chi connectivity index (χ2v) is 13.3. The van der Waals surface area contributed by atoms with E-state index in [4.69, 9.17) is 0 Å². The summed E-state index contributed by atoms with van der Waals surface area (Å²) in [6.45, 7) is 2.63. The van der Waals surface area contributed by atoms with E-state index < -0.39 is 17.9 Å². The van der Waals surface area contributed by atoms with E-state index >= 15 is 0 Å². The highest BCUT2D eigenvalue weighted by Gasteiger charge is 2.39. The molecule has 2 amide bonds. The molecule has 8 heteroatoms. The molecule has 3 aliphatic rings. The zero-order chi connectivity index (χ0) is 32.0. The Bertz CT molecular complexity index is 1540. The molecule has 1 saturated carbocycles. The Morgan fingerprint density at radius 1 is 0.891 bits per heavy atom. The van der Waals surface area contributed by atoms with Crippen LogP contribution in [-0.4, -0.2) is 56.9 Å². The topological polar surface area (TPSA) is 112 Å². The molecule has 2 heterocycles. The van der Waals surface area contributed by atoms with Crippen LogP contribution in [0.15, 0.2) is 73.1 Å². The van der Waals surface area contributed by atoms with Gasteiger partial charge in [-0.05, 0) is 73.1 Å². The van der Waals surface area contributed by atoms with E-state index in [2.05, 4.69) is 28.3 Å². The van der Waals surface area contributed by atoms with Crippen LogP contribution in [-0.2, 0) is 16.0 Å². The summed E-state index contributed by atoms with van der Waals surface area (Å²) < 4.78 is 0. The number of amides is 2. The fourth-order valence-corrected chi connectivity index (χ4v) is 7.35. The predicted molar refractivity (Wildman–Crippen MR) is 178 cm³/mol. The van der Waals surface area contributed by atoms with Gasteiger partial charge >= 0.3 is 5.97 Å². The number of rotatable bonds is 10. The van der Waals surface area contributed by atoms with E-state index in [0.29, 0.717) is 11.4 Å². The number of hydrogen-bond donors (Lipinski definition) is 2. The first-order valence-corrected chi connectivity index (χ1v) is 16.9. The van der Waals surface area contributed by atoms with Gasteiger partial charge in [-0.25, -0.2) is 9.97 Å². The molecule has 2 fully saturated rings. The number of aromatic nitrogens is 2. The third-order valence-corrected chi connectivity index (χ3v) is 10.4. The van der Waals surface area contributed by atoms with E-state index in [1.165, 1.54) is 49.0 Å². The molecule has 0 radical (unpaired) electrons. The van der Waals surface area contributed by atoms with Gasteiger partial charge in [0.15, 0.2) is 5.82 Å². The number of benzene rings is 2. The largest absolute Gasteiger partial charge is 0.481 e. The third kappa shape index (κ3) is 7.38. The molecule has 1 saturated heterocycles. The van der Waals surface area contributed by atoms with Crippen molar-refractivity contribution >= 4 is 23.4 Å². The molecular formula is C38H44N4O4. The van der Waals surface area contributed by atoms with Crippen LogP contribution in [0.3, 0.4) is 0 Å². The summed E-state index contributed by atoms with van der Waals surface area (Å²) in [4.78, 5) is 48.4. The highest BCUT2D eigenvalue weighted by Crippen LogP contribution is 2.41. The van der Waals surface area contributed by atoms with E-state index in [1.54, 1.807) is 24.3 Å². The van der Waals surface area contributed by atoms with Crippen molar-refractivity contribution in [1.82, 2.24) is 20.2 Å². The standard InChI is InChI=1S/C38H44N4O4/c1-2-25-8-12-27(13-9-25)28-16-18-29(19-17-28)32-21-39-35(40-22-32)30-14-10-26(11-15-30)20-34(37(44)42-23-33(24-42)38(45)46)41-36(43)31-6-4-3-5-7-31/h3-7,10-11,14-15,18,21-22,25,27-28,33-34H,2,8-9,12-13,16-17,19-20,23-24H2,1H3,(H,41,43)(H,45,46)/t25-,27-,28?,34-/m0/s1. The number of carboxylic acid groups (broad SMARTS) is 1. The SMILES string of the molecule is CC[C@H]1CC[C@H](C2CC=C(c3cnc(-c4ccc(C[C@H](NC(=O)c5ccccc5)C(=O)N5CC(C(=O)O)C5)cc4)nc3)CC2)CC1. The maximum Gasteiger partial charge on any atom is 0.310 e. The van der Waals surface area contributed by atoms with Gasteiger partial charge in [0, 0.05) is 48.6 Å². The molecule has 6 rings (SSSR count). The number of aliphatic carboxylic acids is 1. The maximum atomic E-state index is 13.3. The van der Waals surface area contributed by atoms with Crippen molar-refractivity contribution in [2.75, 3.05) is 13.1 Å². The van der Waals surface area contributed by atoms with Crippen LogP contribution in [0.2, 0.25) is 0 Å². The second-order valence-electron chi connectivity index (χ2n) is 13.3. The molecule has 0 spiro atoms. The Balaban J connectivity index is 1.08. The number of carbonyl (C=O) groups excluding carboxylic acids is 2. The molecule has 3 aromatic rings. The van der Waals surface area contributed by atoms with Crippen LogP contribution >= 0.6 is 0 Å². The van der Waals surface area contributed by atoms with Crippen molar-refractivity contribution < 1.29 is 19.5 Å². The lowest BCUT2D eigenvalue weighted by Crippen LogP contribution is -2.59. The lowest BCUT2D eigenvalue weighted by molar-refractivity contribution is -0.153. The smallest absolute Gasteiger partial charge is 0.310 e. The molecule has 46 heavy (non-hydrogen) atoms. The van der Waals surface area contributed by atoms with Crippen LogP contribution < -0.4 is 5.32 Å². The minimum absolute atomic E-state index is 0.148. The van der Waals surface area contributed by atoms with Gasteiger partial charge in [-0.1, -0.05) is 74.7 Å². The molecule has 2 aliphatic carbocycles. The molecule has 2 atom stereocenters. The van der Waals surface area contributed by atoms with Crippen LogP contribution in [0.4, 0.5) is 0 Å². The number of hydrogen-bond acceptors (Lipinski definition) is 5. The normalized spacial score (nSPS) is 22.3. The predicted octanol–water partition coefficient (Wildman–Crippen LogP) is 6.43. The van der Waals surface area contributed by atoms with Crippen molar-refractivity contribution in [3.8, 4) is 11.4 Å². The Labute approximate surface area is 271 Å². The summed E-state index contributed by atoms with van der Waals surface area (Å²) in [5, 5.41) is 12.1. The van der Waals surface area contributed by atoms with Gasteiger partial charge in [-0.3, -0.25) is 14.4 Å². The number of allylic oxidation sites excluding steroid dienone is 2. The number of carboxylic acids is 1. The van der Waals surface area contributed by atoms with Crippen LogP contribution in [0.5, 0.6) is 0 Å². The number of nitrogens with zero attached hydrogens (tertiary/aromatic N) is 3. The first-order chi connectivity index (χ1) is 22.4. The average Bonchev–Trinajstić information content (AvgIpc) is 3.08. The molecule has 1 aromatic heterocycles. The summed E-state index contributed by atoms with van der Waals surface area (Å²) in [7, 11) is 0. The van der Waals surface area contributed by atoms with Crippen molar-refractivity contribution in [1.29, 1.82) is 0 Å². The molecule has 2 N–H and O–H groups in total. The van der Waals surface area contributed by atoms with Crippen molar-refractivity contribution in [2.45, 2.75) is 70.8 Å². The van der Waals surface area contributed by atoms with Gasteiger partial charge in [0.05, 0.1) is 5.92 Å². The highest BCUT2D eigenvalue weighted by atomic mass is 16.4. The first kappa shape index (κ1) is 31.6. The number of likely N-dealkylation sites (tertiary alicyclic amines) is 1. The third-order valence-electron chi connectivity index (χ3n) is 10.4. The van der Waals surface area contributed by atoms with Gasteiger partial charge in [-0.15, -0.1) is 0 Å². The van der Waals surface area contributed by atoms with Gasteiger partial charge in [-0.2, -0.15) is 0 Å². The Hall–Kier alpha value is -4.33. The van der Waals surface area contributed by atoms with Gasteiger partial charge in [0.2, 0.25) is 5.91 Å². The summed E-state index contributed by atoms with van der Waals surface area (Å²) in [6.07, 6.45) is 17.0. The van der Waals surface area contributed by atoms with Crippen molar-refractivity contribution in [2.24, 2.45) is 23.7 Å². The molecule has 2 aromatic carbocycles. The van der Waals surface area contributed by atoms with Crippen LogP contribution in [0.25, 0.3) is 17.0 Å². The fourth-order valence-electron chi connectivity index (χ4n) is 7.35. The lowest BCUT2D eigenvalue weighted by Gasteiger charge is -2.39. The van der Waals surface area contributed by atoms with Crippen LogP contribution in [0, 0.1) is 23.7 Å². The van der Waals surface area contributed by atoms with E-state index in [-0.39, 0.29) is 31.3 Å². The quantitative estimate of drug-likeness (QED) is 0.270. The summed E-state index contributed by atoms with van der Waals surface area (Å²) in [5.41, 5.74) is 4.65. The first-order valence-electron chi connectivity index (χ1n) is 16.9.